The van der Waals surface area contributed by atoms with E-state index in [0.29, 0.717) is 10.9 Å². The number of alkyl halides is 1. The van der Waals surface area contributed by atoms with Crippen molar-refractivity contribution in [3.8, 4) is 0 Å². The van der Waals surface area contributed by atoms with E-state index in [2.05, 4.69) is 15.9 Å². The van der Waals surface area contributed by atoms with Crippen molar-refractivity contribution >= 4 is 27.5 Å². The Hall–Kier alpha value is -0.930. The van der Waals surface area contributed by atoms with Crippen molar-refractivity contribution in [2.24, 2.45) is 0 Å². The van der Waals surface area contributed by atoms with Crippen LogP contribution in [-0.2, 0) is 6.42 Å². The highest BCUT2D eigenvalue weighted by Gasteiger charge is 2.11. The van der Waals surface area contributed by atoms with Crippen molar-refractivity contribution in [1.29, 1.82) is 0 Å². The molecule has 2 rings (SSSR count). The van der Waals surface area contributed by atoms with Gasteiger partial charge < -0.3 is 0 Å². The van der Waals surface area contributed by atoms with Gasteiger partial charge in [-0.3, -0.25) is 0 Å². The molecule has 18 heavy (non-hydrogen) atoms. The summed E-state index contributed by atoms with van der Waals surface area (Å²) in [6.07, 6.45) is 0.569. The first-order valence-corrected chi connectivity index (χ1v) is 6.62. The molecule has 0 N–H and O–H groups in total. The van der Waals surface area contributed by atoms with E-state index >= 15 is 0 Å². The zero-order valence-electron chi connectivity index (χ0n) is 9.34. The van der Waals surface area contributed by atoms with E-state index in [0.717, 1.165) is 11.1 Å². The molecule has 0 aliphatic carbocycles. The molecule has 2 aromatic rings. The topological polar surface area (TPSA) is 0 Å². The maximum atomic E-state index is 13.1. The average Bonchev–Trinajstić information content (AvgIpc) is 2.35. The van der Waals surface area contributed by atoms with E-state index < -0.39 is 0 Å². The fourth-order valence-corrected chi connectivity index (χ4v) is 2.36. The molecule has 0 spiro atoms. The number of hydrogen-bond donors (Lipinski definition) is 0. The van der Waals surface area contributed by atoms with Crippen LogP contribution < -0.4 is 0 Å². The normalized spacial score (nSPS) is 12.4. The van der Waals surface area contributed by atoms with E-state index in [9.17, 15) is 8.78 Å². The zero-order chi connectivity index (χ0) is 13.1. The average molecular weight is 332 g/mol. The van der Waals surface area contributed by atoms with Crippen molar-refractivity contribution < 1.29 is 8.78 Å². The third-order valence-electron chi connectivity index (χ3n) is 2.63. The first-order chi connectivity index (χ1) is 8.56. The Morgan fingerprint density at radius 1 is 1.06 bits per heavy atom. The van der Waals surface area contributed by atoms with Crippen LogP contribution in [0.4, 0.5) is 8.78 Å². The van der Waals surface area contributed by atoms with Crippen LogP contribution in [0.2, 0.25) is 0 Å². The lowest BCUT2D eigenvalue weighted by molar-refractivity contribution is 0.619. The second-order valence-corrected chi connectivity index (χ2v) is 5.35. The largest absolute Gasteiger partial charge is 0.207 e. The van der Waals surface area contributed by atoms with E-state index in [1.54, 1.807) is 24.3 Å². The Bertz CT molecular complexity index is 540. The third kappa shape index (κ3) is 3.30. The minimum Gasteiger partial charge on any atom is -0.207 e. The van der Waals surface area contributed by atoms with Gasteiger partial charge in [0.1, 0.15) is 11.6 Å². The molecule has 0 radical (unpaired) electrons. The van der Waals surface area contributed by atoms with Crippen molar-refractivity contribution in [3.63, 3.8) is 0 Å². The Balaban J connectivity index is 2.13. The quantitative estimate of drug-likeness (QED) is 0.674. The predicted molar refractivity (Wildman–Crippen MR) is 72.8 cm³/mol. The minimum absolute atomic E-state index is 0.269. The number of halogens is 4. The van der Waals surface area contributed by atoms with Gasteiger partial charge in [-0.05, 0) is 57.7 Å². The highest BCUT2D eigenvalue weighted by atomic mass is 79.9. The summed E-state index contributed by atoms with van der Waals surface area (Å²) in [7, 11) is 0. The number of benzene rings is 2. The first-order valence-electron chi connectivity index (χ1n) is 5.40. The van der Waals surface area contributed by atoms with Crippen LogP contribution in [0.25, 0.3) is 0 Å². The van der Waals surface area contributed by atoms with Crippen LogP contribution in [0, 0.1) is 11.6 Å². The van der Waals surface area contributed by atoms with Gasteiger partial charge in [0.2, 0.25) is 0 Å². The summed E-state index contributed by atoms with van der Waals surface area (Å²) in [6.45, 7) is 0. The smallest absolute Gasteiger partial charge is 0.137 e. The van der Waals surface area contributed by atoms with Gasteiger partial charge in [-0.25, -0.2) is 8.78 Å². The van der Waals surface area contributed by atoms with Crippen molar-refractivity contribution in [2.75, 3.05) is 0 Å². The third-order valence-corrected chi connectivity index (χ3v) is 3.65. The van der Waals surface area contributed by atoms with Gasteiger partial charge in [0.05, 0.1) is 9.85 Å². The van der Waals surface area contributed by atoms with E-state index in [1.165, 1.54) is 18.2 Å². The lowest BCUT2D eigenvalue weighted by Gasteiger charge is -2.10. The lowest BCUT2D eigenvalue weighted by Crippen LogP contribution is -1.96. The van der Waals surface area contributed by atoms with Crippen LogP contribution in [0.5, 0.6) is 0 Å². The molecule has 0 saturated heterocycles. The minimum atomic E-state index is -0.315. The molecule has 0 nitrogen and oxygen atoms in total. The van der Waals surface area contributed by atoms with Crippen LogP contribution in [0.3, 0.4) is 0 Å². The molecule has 2 aromatic carbocycles. The molecule has 0 aliphatic heterocycles. The lowest BCUT2D eigenvalue weighted by atomic mass is 10.0. The van der Waals surface area contributed by atoms with E-state index in [-0.39, 0.29) is 17.0 Å². The summed E-state index contributed by atoms with van der Waals surface area (Å²) < 4.78 is 26.3. The summed E-state index contributed by atoms with van der Waals surface area (Å²) in [5, 5.41) is -0.271. The molecule has 0 heterocycles. The highest BCUT2D eigenvalue weighted by Crippen LogP contribution is 2.28. The van der Waals surface area contributed by atoms with E-state index in [4.69, 9.17) is 11.6 Å². The van der Waals surface area contributed by atoms with Crippen LogP contribution >= 0.6 is 27.5 Å². The second-order valence-electron chi connectivity index (χ2n) is 3.97. The van der Waals surface area contributed by atoms with Gasteiger partial charge in [0.15, 0.2) is 0 Å². The summed E-state index contributed by atoms with van der Waals surface area (Å²) in [5.41, 5.74) is 1.77. The Kier molecular flexibility index (Phi) is 4.36. The summed E-state index contributed by atoms with van der Waals surface area (Å²) in [6, 6.07) is 10.9. The second kappa shape index (κ2) is 5.81. The fraction of sp³-hybridized carbons (Fsp3) is 0.143. The van der Waals surface area contributed by atoms with Crippen LogP contribution in [0.15, 0.2) is 46.9 Å². The van der Waals surface area contributed by atoms with Gasteiger partial charge in [0, 0.05) is 0 Å². The molecular weight excluding hydrogens is 322 g/mol. The van der Waals surface area contributed by atoms with Crippen molar-refractivity contribution in [2.45, 2.75) is 11.8 Å². The van der Waals surface area contributed by atoms with Gasteiger partial charge in [-0.15, -0.1) is 11.6 Å². The molecule has 94 valence electrons. The number of hydrogen-bond acceptors (Lipinski definition) is 0. The van der Waals surface area contributed by atoms with Gasteiger partial charge in [-0.2, -0.15) is 0 Å². The fourth-order valence-electron chi connectivity index (χ4n) is 1.65. The van der Waals surface area contributed by atoms with Gasteiger partial charge in [0.25, 0.3) is 0 Å². The maximum Gasteiger partial charge on any atom is 0.137 e. The molecular formula is C14H10BrClF2. The molecule has 0 aliphatic rings. The Morgan fingerprint density at radius 3 is 2.33 bits per heavy atom. The SMILES string of the molecule is Fc1ccc(CC(Cl)c2ccc(F)c(Br)c2)cc1. The monoisotopic (exact) mass is 330 g/mol. The van der Waals surface area contributed by atoms with Crippen molar-refractivity contribution in [1.82, 2.24) is 0 Å². The zero-order valence-corrected chi connectivity index (χ0v) is 11.7. The van der Waals surface area contributed by atoms with Gasteiger partial charge >= 0.3 is 0 Å². The summed E-state index contributed by atoms with van der Waals surface area (Å²) in [5.74, 6) is -0.584. The van der Waals surface area contributed by atoms with Crippen molar-refractivity contribution in [3.05, 3.63) is 69.7 Å². The summed E-state index contributed by atoms with van der Waals surface area (Å²) in [4.78, 5) is 0. The molecule has 0 saturated carbocycles. The van der Waals surface area contributed by atoms with Crippen LogP contribution in [0.1, 0.15) is 16.5 Å². The molecule has 4 heteroatoms. The molecule has 0 fully saturated rings. The molecule has 0 bridgehead atoms. The molecule has 0 aromatic heterocycles. The maximum absolute atomic E-state index is 13.1. The number of rotatable bonds is 3. The highest BCUT2D eigenvalue weighted by molar-refractivity contribution is 9.10. The molecule has 0 amide bonds. The Morgan fingerprint density at radius 2 is 1.72 bits per heavy atom. The Labute approximate surface area is 118 Å². The standard InChI is InChI=1S/C14H10BrClF2/c15-12-8-10(3-6-14(12)18)13(16)7-9-1-4-11(17)5-2-9/h1-6,8,13H,7H2. The van der Waals surface area contributed by atoms with E-state index in [1.807, 2.05) is 0 Å². The predicted octanol–water partition coefficient (Wildman–Crippen LogP) is 5.25. The van der Waals surface area contributed by atoms with Crippen LogP contribution in [-0.4, -0.2) is 0 Å². The molecule has 1 atom stereocenters. The van der Waals surface area contributed by atoms with Gasteiger partial charge in [-0.1, -0.05) is 18.2 Å². The summed E-state index contributed by atoms with van der Waals surface area (Å²) >= 11 is 9.39. The first kappa shape index (κ1) is 13.5. The molecule has 1 unspecified atom stereocenters.